The fraction of sp³-hybridized carbons (Fsp3) is 0.167. The minimum atomic E-state index is -0.266. The number of halogens is 1. The van der Waals surface area contributed by atoms with Crippen molar-refractivity contribution in [2.75, 3.05) is 19.4 Å². The molecule has 1 amide bonds. The number of rotatable bonds is 4. The standard InChI is InChI=1S/C18H16BrN5O2/c1-26-15-11(10-22-16(20)14(15)19)6-4-5-9-21-18(25)17-23-12-7-2-3-8-13(12)24-17/h2-3,7-8,10H,5,9H2,1H3,(H2,20,22)(H,21,25)(H,23,24). The van der Waals surface area contributed by atoms with Crippen LogP contribution >= 0.6 is 15.9 Å². The summed E-state index contributed by atoms with van der Waals surface area (Å²) >= 11 is 3.33. The molecule has 4 N–H and O–H groups in total. The van der Waals surface area contributed by atoms with Gasteiger partial charge < -0.3 is 20.8 Å². The number of fused-ring (bicyclic) bond motifs is 1. The molecule has 7 nitrogen and oxygen atoms in total. The third kappa shape index (κ3) is 3.78. The zero-order valence-corrected chi connectivity index (χ0v) is 15.6. The molecule has 2 heterocycles. The third-order valence-corrected chi connectivity index (χ3v) is 4.34. The molecule has 1 aromatic carbocycles. The van der Waals surface area contributed by atoms with Crippen LogP contribution in [-0.2, 0) is 0 Å². The highest BCUT2D eigenvalue weighted by Crippen LogP contribution is 2.31. The zero-order valence-electron chi connectivity index (χ0n) is 14.0. The number of aromatic amines is 1. The molecule has 0 atom stereocenters. The van der Waals surface area contributed by atoms with Crippen LogP contribution in [0.25, 0.3) is 11.0 Å². The van der Waals surface area contributed by atoms with E-state index in [9.17, 15) is 4.79 Å². The highest BCUT2D eigenvalue weighted by atomic mass is 79.9. The molecular formula is C18H16BrN5O2. The minimum Gasteiger partial charge on any atom is -0.494 e. The van der Waals surface area contributed by atoms with E-state index in [1.807, 2.05) is 24.3 Å². The van der Waals surface area contributed by atoms with Gasteiger partial charge in [-0.25, -0.2) is 9.97 Å². The summed E-state index contributed by atoms with van der Waals surface area (Å²) in [4.78, 5) is 23.4. The number of imidazole rings is 1. The maximum atomic E-state index is 12.1. The number of hydrogen-bond donors (Lipinski definition) is 3. The molecule has 0 unspecified atom stereocenters. The Morgan fingerprint density at radius 3 is 3.00 bits per heavy atom. The molecule has 0 bridgehead atoms. The molecule has 0 fully saturated rings. The number of amides is 1. The fourth-order valence-electron chi connectivity index (χ4n) is 2.31. The van der Waals surface area contributed by atoms with Gasteiger partial charge in [0.25, 0.3) is 5.91 Å². The molecule has 132 valence electrons. The Labute approximate surface area is 158 Å². The number of nitrogens with two attached hydrogens (primary N) is 1. The molecule has 0 radical (unpaired) electrons. The van der Waals surface area contributed by atoms with Gasteiger partial charge in [0.05, 0.1) is 23.7 Å². The Balaban J connectivity index is 1.59. The summed E-state index contributed by atoms with van der Waals surface area (Å²) in [6, 6.07) is 7.48. The predicted molar refractivity (Wildman–Crippen MR) is 103 cm³/mol. The first kappa shape index (κ1) is 17.8. The van der Waals surface area contributed by atoms with Crippen LogP contribution in [0.2, 0.25) is 0 Å². The fourth-order valence-corrected chi connectivity index (χ4v) is 2.79. The summed E-state index contributed by atoms with van der Waals surface area (Å²) in [5.74, 6) is 6.84. The number of nitrogens with zero attached hydrogens (tertiary/aromatic N) is 2. The second-order valence-electron chi connectivity index (χ2n) is 5.31. The quantitative estimate of drug-likeness (QED) is 0.449. The summed E-state index contributed by atoms with van der Waals surface area (Å²) in [5.41, 5.74) is 7.92. The average molecular weight is 414 g/mol. The summed E-state index contributed by atoms with van der Waals surface area (Å²) in [6.07, 6.45) is 2.02. The van der Waals surface area contributed by atoms with Gasteiger partial charge in [-0.05, 0) is 28.1 Å². The number of ether oxygens (including phenoxy) is 1. The summed E-state index contributed by atoms with van der Waals surface area (Å²) in [7, 11) is 1.54. The van der Waals surface area contributed by atoms with E-state index in [0.29, 0.717) is 34.6 Å². The molecule has 26 heavy (non-hydrogen) atoms. The van der Waals surface area contributed by atoms with E-state index in [-0.39, 0.29) is 11.7 Å². The highest BCUT2D eigenvalue weighted by Gasteiger charge is 2.11. The normalized spacial score (nSPS) is 10.2. The molecule has 0 aliphatic carbocycles. The van der Waals surface area contributed by atoms with E-state index in [2.05, 4.69) is 48.0 Å². The molecule has 2 aromatic heterocycles. The molecule has 3 rings (SSSR count). The summed E-state index contributed by atoms with van der Waals surface area (Å²) in [6.45, 7) is 0.398. The van der Waals surface area contributed by atoms with Gasteiger partial charge in [-0.2, -0.15) is 0 Å². The maximum Gasteiger partial charge on any atom is 0.287 e. The number of para-hydroxylation sites is 2. The first-order chi connectivity index (χ1) is 12.6. The lowest BCUT2D eigenvalue weighted by molar-refractivity contribution is 0.0945. The molecule has 0 aliphatic heterocycles. The van der Waals surface area contributed by atoms with Crippen LogP contribution in [0.3, 0.4) is 0 Å². The lowest BCUT2D eigenvalue weighted by Gasteiger charge is -2.06. The van der Waals surface area contributed by atoms with E-state index in [1.54, 1.807) is 6.20 Å². The number of anilines is 1. The van der Waals surface area contributed by atoms with Gasteiger partial charge >= 0.3 is 0 Å². The lowest BCUT2D eigenvalue weighted by atomic mass is 10.2. The van der Waals surface area contributed by atoms with Crippen molar-refractivity contribution in [1.29, 1.82) is 0 Å². The minimum absolute atomic E-state index is 0.266. The van der Waals surface area contributed by atoms with Crippen molar-refractivity contribution in [3.8, 4) is 17.6 Å². The number of nitrogen functional groups attached to an aromatic ring is 1. The SMILES string of the molecule is COc1c(C#CCCNC(=O)c2nc3ccccc3[nH]2)cnc(N)c1Br. The molecule has 8 heteroatoms. The van der Waals surface area contributed by atoms with Gasteiger partial charge in [-0.3, -0.25) is 4.79 Å². The smallest absolute Gasteiger partial charge is 0.287 e. The average Bonchev–Trinajstić information content (AvgIpc) is 3.08. The first-order valence-electron chi connectivity index (χ1n) is 7.80. The van der Waals surface area contributed by atoms with E-state index >= 15 is 0 Å². The Bertz CT molecular complexity index is 986. The molecule has 0 spiro atoms. The van der Waals surface area contributed by atoms with Crippen molar-refractivity contribution < 1.29 is 9.53 Å². The molecule has 0 saturated heterocycles. The number of methoxy groups -OCH3 is 1. The van der Waals surface area contributed by atoms with E-state index in [0.717, 1.165) is 11.0 Å². The van der Waals surface area contributed by atoms with Crippen LogP contribution in [0, 0.1) is 11.8 Å². The van der Waals surface area contributed by atoms with E-state index in [4.69, 9.17) is 10.5 Å². The number of pyridine rings is 1. The molecular weight excluding hydrogens is 398 g/mol. The Morgan fingerprint density at radius 1 is 1.42 bits per heavy atom. The van der Waals surface area contributed by atoms with Crippen LogP contribution in [0.5, 0.6) is 5.75 Å². The number of nitrogens with one attached hydrogen (secondary N) is 2. The Morgan fingerprint density at radius 2 is 2.23 bits per heavy atom. The number of carbonyl (C=O) groups excluding carboxylic acids is 1. The van der Waals surface area contributed by atoms with Crippen LogP contribution in [0.1, 0.15) is 22.6 Å². The Kier molecular flexibility index (Phi) is 5.39. The van der Waals surface area contributed by atoms with Crippen molar-refractivity contribution in [3.63, 3.8) is 0 Å². The summed E-state index contributed by atoms with van der Waals surface area (Å²) in [5, 5.41) is 2.78. The topological polar surface area (TPSA) is 106 Å². The van der Waals surface area contributed by atoms with Gasteiger partial charge in [0.2, 0.25) is 0 Å². The van der Waals surface area contributed by atoms with E-state index in [1.165, 1.54) is 7.11 Å². The summed E-state index contributed by atoms with van der Waals surface area (Å²) < 4.78 is 5.86. The van der Waals surface area contributed by atoms with Crippen molar-refractivity contribution >= 4 is 38.7 Å². The lowest BCUT2D eigenvalue weighted by Crippen LogP contribution is -2.25. The monoisotopic (exact) mass is 413 g/mol. The Hall–Kier alpha value is -3.05. The van der Waals surface area contributed by atoms with Crippen molar-refractivity contribution in [3.05, 3.63) is 46.3 Å². The van der Waals surface area contributed by atoms with Gasteiger partial charge in [0.1, 0.15) is 10.3 Å². The van der Waals surface area contributed by atoms with Gasteiger partial charge in [-0.1, -0.05) is 24.0 Å². The van der Waals surface area contributed by atoms with Crippen molar-refractivity contribution in [2.24, 2.45) is 0 Å². The largest absolute Gasteiger partial charge is 0.494 e. The van der Waals surface area contributed by atoms with Crippen molar-refractivity contribution in [2.45, 2.75) is 6.42 Å². The van der Waals surface area contributed by atoms with Crippen LogP contribution in [-0.4, -0.2) is 34.5 Å². The van der Waals surface area contributed by atoms with Crippen LogP contribution in [0.15, 0.2) is 34.9 Å². The maximum absolute atomic E-state index is 12.1. The van der Waals surface area contributed by atoms with Crippen LogP contribution < -0.4 is 15.8 Å². The van der Waals surface area contributed by atoms with E-state index < -0.39 is 0 Å². The second kappa shape index (κ2) is 7.89. The highest BCUT2D eigenvalue weighted by molar-refractivity contribution is 9.10. The predicted octanol–water partition coefficient (Wildman–Crippen LogP) is 2.48. The number of benzene rings is 1. The molecule has 0 aliphatic rings. The number of hydrogen-bond acceptors (Lipinski definition) is 5. The number of carbonyl (C=O) groups is 1. The second-order valence-corrected chi connectivity index (χ2v) is 6.11. The van der Waals surface area contributed by atoms with Gasteiger partial charge in [0.15, 0.2) is 11.6 Å². The van der Waals surface area contributed by atoms with Gasteiger partial charge in [0, 0.05) is 19.2 Å². The zero-order chi connectivity index (χ0) is 18.5. The number of aromatic nitrogens is 3. The third-order valence-electron chi connectivity index (χ3n) is 3.57. The molecule has 0 saturated carbocycles. The van der Waals surface area contributed by atoms with Gasteiger partial charge in [-0.15, -0.1) is 0 Å². The van der Waals surface area contributed by atoms with Crippen LogP contribution in [0.4, 0.5) is 5.82 Å². The first-order valence-corrected chi connectivity index (χ1v) is 8.59. The molecule has 3 aromatic rings. The number of H-pyrrole nitrogens is 1. The van der Waals surface area contributed by atoms with Crippen molar-refractivity contribution in [1.82, 2.24) is 20.3 Å².